The number of ether oxygens (including phenoxy) is 2. The van der Waals surface area contributed by atoms with Crippen LogP contribution in [0.4, 0.5) is 5.69 Å². The van der Waals surface area contributed by atoms with Gasteiger partial charge in [0.25, 0.3) is 0 Å². The van der Waals surface area contributed by atoms with Crippen molar-refractivity contribution in [2.45, 2.75) is 6.92 Å². The quantitative estimate of drug-likeness (QED) is 0.779. The van der Waals surface area contributed by atoms with E-state index in [1.165, 1.54) is 0 Å². The molecule has 0 amide bonds. The summed E-state index contributed by atoms with van der Waals surface area (Å²) in [5, 5.41) is 8.93. The second-order valence-corrected chi connectivity index (χ2v) is 4.94. The van der Waals surface area contributed by atoms with Crippen LogP contribution in [0, 0.1) is 0 Å². The molecule has 0 spiro atoms. The molecule has 0 bridgehead atoms. The fourth-order valence-corrected chi connectivity index (χ4v) is 2.08. The Hall–Kier alpha value is -2.53. The van der Waals surface area contributed by atoms with Gasteiger partial charge in [-0.2, -0.15) is 0 Å². The van der Waals surface area contributed by atoms with Gasteiger partial charge in [-0.15, -0.1) is 0 Å². The van der Waals surface area contributed by atoms with Gasteiger partial charge >= 0.3 is 5.97 Å². The molecule has 0 aliphatic heterocycles. The number of halogens is 1. The number of rotatable bonds is 7. The second-order valence-electron chi connectivity index (χ2n) is 4.53. The molecule has 5 nitrogen and oxygen atoms in total. The summed E-state index contributed by atoms with van der Waals surface area (Å²) >= 11 is 6.07. The largest absolute Gasteiger partial charge is 0.492 e. The highest BCUT2D eigenvalue weighted by molar-refractivity contribution is 6.32. The van der Waals surface area contributed by atoms with Crippen molar-refractivity contribution in [1.29, 1.82) is 0 Å². The Morgan fingerprint density at radius 2 is 2.00 bits per heavy atom. The lowest BCUT2D eigenvalue weighted by molar-refractivity contribution is -0.139. The van der Waals surface area contributed by atoms with E-state index in [1.807, 2.05) is 31.2 Å². The van der Waals surface area contributed by atoms with E-state index in [9.17, 15) is 4.79 Å². The van der Waals surface area contributed by atoms with Gasteiger partial charge in [-0.3, -0.25) is 4.99 Å². The van der Waals surface area contributed by atoms with Crippen molar-refractivity contribution in [3.63, 3.8) is 0 Å². The Morgan fingerprint density at radius 1 is 1.22 bits per heavy atom. The number of para-hydroxylation sites is 2. The maximum atomic E-state index is 10.5. The average molecular weight is 334 g/mol. The molecule has 120 valence electrons. The Kier molecular flexibility index (Phi) is 6.00. The molecule has 0 aromatic heterocycles. The van der Waals surface area contributed by atoms with Gasteiger partial charge < -0.3 is 14.6 Å². The molecule has 0 fully saturated rings. The molecule has 0 heterocycles. The molecule has 6 heteroatoms. The Morgan fingerprint density at radius 3 is 2.70 bits per heavy atom. The smallest absolute Gasteiger partial charge is 0.341 e. The number of carboxylic acid groups (broad SMARTS) is 1. The summed E-state index contributed by atoms with van der Waals surface area (Å²) in [6, 6.07) is 12.5. The van der Waals surface area contributed by atoms with Crippen molar-refractivity contribution in [2.24, 2.45) is 4.99 Å². The minimum Gasteiger partial charge on any atom is -0.492 e. The monoisotopic (exact) mass is 333 g/mol. The van der Waals surface area contributed by atoms with E-state index in [1.54, 1.807) is 24.4 Å². The molecule has 0 atom stereocenters. The van der Waals surface area contributed by atoms with Crippen molar-refractivity contribution in [1.82, 2.24) is 0 Å². The third kappa shape index (κ3) is 5.00. The lowest BCUT2D eigenvalue weighted by Gasteiger charge is -2.07. The highest BCUT2D eigenvalue weighted by atomic mass is 35.5. The van der Waals surface area contributed by atoms with Crippen LogP contribution in [0.15, 0.2) is 47.5 Å². The van der Waals surface area contributed by atoms with Gasteiger partial charge in [0.1, 0.15) is 17.2 Å². The summed E-state index contributed by atoms with van der Waals surface area (Å²) in [7, 11) is 0. The zero-order chi connectivity index (χ0) is 16.7. The van der Waals surface area contributed by atoms with Crippen molar-refractivity contribution >= 4 is 29.5 Å². The molecule has 0 unspecified atom stereocenters. The summed E-state index contributed by atoms with van der Waals surface area (Å²) in [5.74, 6) is -0.0288. The number of carbonyl (C=O) groups is 1. The van der Waals surface area contributed by atoms with Crippen LogP contribution in [-0.2, 0) is 4.79 Å². The third-order valence-corrected chi connectivity index (χ3v) is 3.12. The molecular weight excluding hydrogens is 318 g/mol. The van der Waals surface area contributed by atoms with Crippen LogP contribution < -0.4 is 9.47 Å². The fraction of sp³-hybridized carbons (Fsp3) is 0.176. The van der Waals surface area contributed by atoms with Gasteiger partial charge in [-0.25, -0.2) is 4.79 Å². The SMILES string of the molecule is CCOc1ccccc1N=Cc1ccc(OCC(=O)O)c(Cl)c1. The van der Waals surface area contributed by atoms with Gasteiger partial charge in [0.05, 0.1) is 11.6 Å². The molecular formula is C17H16ClNO4. The van der Waals surface area contributed by atoms with Crippen LogP contribution in [0.5, 0.6) is 11.5 Å². The normalized spacial score (nSPS) is 10.7. The second kappa shape index (κ2) is 8.19. The first-order valence-corrected chi connectivity index (χ1v) is 7.38. The maximum absolute atomic E-state index is 10.5. The Bertz CT molecular complexity index is 715. The molecule has 0 radical (unpaired) electrons. The first kappa shape index (κ1) is 16.8. The summed E-state index contributed by atoms with van der Waals surface area (Å²) < 4.78 is 10.6. The Balaban J connectivity index is 2.14. The number of aliphatic imine (C=N–C) groups is 1. The lowest BCUT2D eigenvalue weighted by atomic mass is 10.2. The van der Waals surface area contributed by atoms with Crippen LogP contribution in [0.3, 0.4) is 0 Å². The van der Waals surface area contributed by atoms with Gasteiger partial charge in [0.2, 0.25) is 0 Å². The van der Waals surface area contributed by atoms with E-state index in [2.05, 4.69) is 4.99 Å². The topological polar surface area (TPSA) is 68.1 Å². The number of carboxylic acids is 1. The van der Waals surface area contributed by atoms with Gasteiger partial charge in [-0.05, 0) is 42.8 Å². The summed E-state index contributed by atoms with van der Waals surface area (Å²) in [4.78, 5) is 14.9. The molecule has 2 aromatic carbocycles. The van der Waals surface area contributed by atoms with Crippen LogP contribution in [0.25, 0.3) is 0 Å². The first-order chi connectivity index (χ1) is 11.1. The van der Waals surface area contributed by atoms with E-state index in [4.69, 9.17) is 26.2 Å². The summed E-state index contributed by atoms with van der Waals surface area (Å²) in [5.41, 5.74) is 1.49. The molecule has 0 aliphatic carbocycles. The van der Waals surface area contributed by atoms with E-state index in [-0.39, 0.29) is 0 Å². The average Bonchev–Trinajstić information content (AvgIpc) is 2.53. The molecule has 2 aromatic rings. The van der Waals surface area contributed by atoms with Gasteiger partial charge in [0.15, 0.2) is 6.61 Å². The fourth-order valence-electron chi connectivity index (χ4n) is 1.84. The van der Waals surface area contributed by atoms with Crippen molar-refractivity contribution in [2.75, 3.05) is 13.2 Å². The van der Waals surface area contributed by atoms with E-state index >= 15 is 0 Å². The van der Waals surface area contributed by atoms with Crippen molar-refractivity contribution in [3.8, 4) is 11.5 Å². The summed E-state index contributed by atoms with van der Waals surface area (Å²) in [6.45, 7) is 2.04. The third-order valence-electron chi connectivity index (χ3n) is 2.82. The zero-order valence-corrected chi connectivity index (χ0v) is 13.3. The molecule has 0 saturated carbocycles. The van der Waals surface area contributed by atoms with Crippen molar-refractivity contribution in [3.05, 3.63) is 53.1 Å². The van der Waals surface area contributed by atoms with E-state index in [0.29, 0.717) is 23.1 Å². The number of nitrogens with zero attached hydrogens (tertiary/aromatic N) is 1. The van der Waals surface area contributed by atoms with Gasteiger partial charge in [-0.1, -0.05) is 23.7 Å². The molecule has 0 saturated heterocycles. The predicted octanol–water partition coefficient (Wildman–Crippen LogP) is 3.95. The number of hydrogen-bond acceptors (Lipinski definition) is 4. The minimum atomic E-state index is -1.06. The number of benzene rings is 2. The van der Waals surface area contributed by atoms with Crippen LogP contribution in [-0.4, -0.2) is 30.5 Å². The standard InChI is InChI=1S/C17H16ClNO4/c1-2-22-16-6-4-3-5-14(16)19-10-12-7-8-15(13(18)9-12)23-11-17(20)21/h3-10H,2,11H2,1H3,(H,20,21). The maximum Gasteiger partial charge on any atom is 0.341 e. The van der Waals surface area contributed by atoms with E-state index in [0.717, 1.165) is 11.3 Å². The van der Waals surface area contributed by atoms with Crippen LogP contribution in [0.1, 0.15) is 12.5 Å². The highest BCUT2D eigenvalue weighted by Gasteiger charge is 2.05. The lowest BCUT2D eigenvalue weighted by Crippen LogP contribution is -2.09. The molecule has 0 aliphatic rings. The molecule has 23 heavy (non-hydrogen) atoms. The Labute approximate surface area is 139 Å². The number of aliphatic carboxylic acids is 1. The number of hydrogen-bond donors (Lipinski definition) is 1. The van der Waals surface area contributed by atoms with Crippen LogP contribution >= 0.6 is 11.6 Å². The predicted molar refractivity (Wildman–Crippen MR) is 89.4 cm³/mol. The van der Waals surface area contributed by atoms with Crippen molar-refractivity contribution < 1.29 is 19.4 Å². The van der Waals surface area contributed by atoms with E-state index < -0.39 is 12.6 Å². The minimum absolute atomic E-state index is 0.320. The van der Waals surface area contributed by atoms with Gasteiger partial charge in [0, 0.05) is 6.21 Å². The molecule has 2 rings (SSSR count). The first-order valence-electron chi connectivity index (χ1n) is 7.00. The highest BCUT2D eigenvalue weighted by Crippen LogP contribution is 2.28. The van der Waals surface area contributed by atoms with Crippen LogP contribution in [0.2, 0.25) is 5.02 Å². The molecule has 1 N–H and O–H groups in total. The zero-order valence-electron chi connectivity index (χ0n) is 12.5. The summed E-state index contributed by atoms with van der Waals surface area (Å²) in [6.07, 6.45) is 1.66.